The highest BCUT2D eigenvalue weighted by Gasteiger charge is 2.42. The van der Waals surface area contributed by atoms with Crippen molar-refractivity contribution in [3.8, 4) is 0 Å². The zero-order chi connectivity index (χ0) is 19.0. The molecule has 148 valence electrons. The summed E-state index contributed by atoms with van der Waals surface area (Å²) in [6, 6.07) is 5.89. The van der Waals surface area contributed by atoms with Gasteiger partial charge in [0, 0.05) is 37.0 Å². The first kappa shape index (κ1) is 17.8. The van der Waals surface area contributed by atoms with Crippen LogP contribution in [0.1, 0.15) is 61.9 Å². The summed E-state index contributed by atoms with van der Waals surface area (Å²) in [5, 5.41) is 8.47. The van der Waals surface area contributed by atoms with Crippen LogP contribution >= 0.6 is 0 Å². The van der Waals surface area contributed by atoms with E-state index < -0.39 is 0 Å². The Morgan fingerprint density at radius 3 is 2.89 bits per heavy atom. The van der Waals surface area contributed by atoms with Crippen molar-refractivity contribution in [2.45, 2.75) is 57.5 Å². The minimum absolute atomic E-state index is 0.167. The van der Waals surface area contributed by atoms with Crippen LogP contribution in [0.15, 0.2) is 28.8 Å². The number of hydrogen-bond acceptors (Lipinski definition) is 6. The Morgan fingerprint density at radius 1 is 1.14 bits per heavy atom. The number of carbonyl (C=O) groups excluding carboxylic acids is 1. The third-order valence-electron chi connectivity index (χ3n) is 6.34. The second kappa shape index (κ2) is 7.28. The fourth-order valence-corrected chi connectivity index (χ4v) is 4.73. The maximum absolute atomic E-state index is 12.5. The van der Waals surface area contributed by atoms with Crippen LogP contribution in [-0.2, 0) is 17.9 Å². The van der Waals surface area contributed by atoms with Crippen LogP contribution in [0.3, 0.4) is 0 Å². The fourth-order valence-electron chi connectivity index (χ4n) is 4.73. The molecule has 2 aromatic rings. The molecule has 28 heavy (non-hydrogen) atoms. The molecule has 2 saturated heterocycles. The molecule has 4 heterocycles. The van der Waals surface area contributed by atoms with Crippen LogP contribution < -0.4 is 0 Å². The van der Waals surface area contributed by atoms with Crippen molar-refractivity contribution in [3.05, 3.63) is 41.9 Å². The largest absolute Gasteiger partial charge is 0.424 e. The molecule has 3 aliphatic rings. The molecule has 0 N–H and O–H groups in total. The van der Waals surface area contributed by atoms with Gasteiger partial charge in [-0.15, -0.1) is 10.2 Å². The van der Waals surface area contributed by atoms with Crippen molar-refractivity contribution < 1.29 is 9.21 Å². The molecule has 1 spiro atoms. The highest BCUT2D eigenvalue weighted by Crippen LogP contribution is 2.41. The van der Waals surface area contributed by atoms with Gasteiger partial charge in [0.1, 0.15) is 0 Å². The lowest BCUT2D eigenvalue weighted by Crippen LogP contribution is -2.53. The molecular weight excluding hydrogens is 354 g/mol. The van der Waals surface area contributed by atoms with Gasteiger partial charge < -0.3 is 9.32 Å². The van der Waals surface area contributed by atoms with Crippen molar-refractivity contribution >= 4 is 5.91 Å². The van der Waals surface area contributed by atoms with E-state index in [4.69, 9.17) is 4.42 Å². The number of pyridine rings is 1. The minimum atomic E-state index is 0.167. The van der Waals surface area contributed by atoms with Gasteiger partial charge in [-0.25, -0.2) is 0 Å². The monoisotopic (exact) mass is 381 g/mol. The Balaban J connectivity index is 1.25. The Kier molecular flexibility index (Phi) is 4.62. The van der Waals surface area contributed by atoms with Crippen molar-refractivity contribution in [2.75, 3.05) is 19.6 Å². The average Bonchev–Trinajstić information content (AvgIpc) is 3.46. The van der Waals surface area contributed by atoms with Crippen LogP contribution in [0, 0.1) is 5.41 Å². The Bertz CT molecular complexity index is 834. The molecule has 0 aromatic carbocycles. The van der Waals surface area contributed by atoms with Gasteiger partial charge in [-0.05, 0) is 50.8 Å². The molecule has 1 aliphatic carbocycles. The van der Waals surface area contributed by atoms with E-state index in [1.54, 1.807) is 6.20 Å². The number of amides is 1. The van der Waals surface area contributed by atoms with Crippen LogP contribution in [0.5, 0.6) is 0 Å². The minimum Gasteiger partial charge on any atom is -0.424 e. The number of likely N-dealkylation sites (tertiary alicyclic amines) is 2. The van der Waals surface area contributed by atoms with E-state index in [0.717, 1.165) is 56.5 Å². The standard InChI is InChI=1S/C21H27N5O2/c27-19-7-9-21(15-26(19)12-17-4-1-2-10-22-17)8-3-11-25(14-21)13-18-23-24-20(28-18)16-5-6-16/h1-2,4,10,16H,3,5-9,11-15H2/t21-/m1/s1. The molecule has 1 atom stereocenters. The SMILES string of the molecule is O=C1CC[C@@]2(CCCN(Cc3nnc(C4CC4)o3)C2)CN1Cc1ccccn1. The molecule has 7 nitrogen and oxygen atoms in total. The van der Waals surface area contributed by atoms with Gasteiger partial charge in [-0.2, -0.15) is 0 Å². The van der Waals surface area contributed by atoms with Crippen molar-refractivity contribution in [2.24, 2.45) is 5.41 Å². The van der Waals surface area contributed by atoms with E-state index in [0.29, 0.717) is 18.9 Å². The number of hydrogen-bond donors (Lipinski definition) is 0. The highest BCUT2D eigenvalue weighted by atomic mass is 16.4. The topological polar surface area (TPSA) is 75.4 Å². The molecular formula is C21H27N5O2. The van der Waals surface area contributed by atoms with Crippen LogP contribution in [0.25, 0.3) is 0 Å². The number of aromatic nitrogens is 3. The average molecular weight is 381 g/mol. The number of nitrogens with zero attached hydrogens (tertiary/aromatic N) is 5. The molecule has 5 rings (SSSR count). The van der Waals surface area contributed by atoms with Crippen LogP contribution in [0.2, 0.25) is 0 Å². The second-order valence-corrected chi connectivity index (χ2v) is 8.69. The summed E-state index contributed by atoms with van der Waals surface area (Å²) in [5.41, 5.74) is 1.12. The lowest BCUT2D eigenvalue weighted by atomic mass is 9.73. The summed E-state index contributed by atoms with van der Waals surface area (Å²) in [6.07, 6.45) is 8.07. The first-order valence-electron chi connectivity index (χ1n) is 10.4. The zero-order valence-corrected chi connectivity index (χ0v) is 16.2. The Labute approximate surface area is 165 Å². The van der Waals surface area contributed by atoms with E-state index in [1.807, 2.05) is 23.1 Å². The molecule has 2 aliphatic heterocycles. The van der Waals surface area contributed by atoms with Crippen molar-refractivity contribution in [1.82, 2.24) is 25.0 Å². The molecule has 0 radical (unpaired) electrons. The number of piperidine rings is 2. The van der Waals surface area contributed by atoms with Crippen LogP contribution in [0.4, 0.5) is 0 Å². The maximum Gasteiger partial charge on any atom is 0.230 e. The third kappa shape index (κ3) is 3.81. The number of rotatable bonds is 5. The second-order valence-electron chi connectivity index (χ2n) is 8.69. The summed E-state index contributed by atoms with van der Waals surface area (Å²) < 4.78 is 5.87. The molecule has 0 unspecified atom stereocenters. The van der Waals surface area contributed by atoms with E-state index in [9.17, 15) is 4.79 Å². The van der Waals surface area contributed by atoms with Crippen molar-refractivity contribution in [3.63, 3.8) is 0 Å². The Hall–Kier alpha value is -2.28. The van der Waals surface area contributed by atoms with Gasteiger partial charge in [0.05, 0.1) is 18.8 Å². The summed E-state index contributed by atoms with van der Waals surface area (Å²) in [4.78, 5) is 21.4. The fraction of sp³-hybridized carbons (Fsp3) is 0.619. The summed E-state index contributed by atoms with van der Waals surface area (Å²) in [6.45, 7) is 4.18. The number of carbonyl (C=O) groups is 1. The first-order chi connectivity index (χ1) is 13.7. The van der Waals surface area contributed by atoms with E-state index in [1.165, 1.54) is 19.3 Å². The molecule has 1 saturated carbocycles. The molecule has 0 bridgehead atoms. The quantitative estimate of drug-likeness (QED) is 0.793. The van der Waals surface area contributed by atoms with Gasteiger partial charge >= 0.3 is 0 Å². The van der Waals surface area contributed by atoms with Gasteiger partial charge in [-0.1, -0.05) is 6.07 Å². The lowest BCUT2D eigenvalue weighted by Gasteiger charge is -2.48. The molecule has 3 fully saturated rings. The molecule has 7 heteroatoms. The van der Waals surface area contributed by atoms with Gasteiger partial charge in [0.25, 0.3) is 0 Å². The zero-order valence-electron chi connectivity index (χ0n) is 16.2. The molecule has 1 amide bonds. The summed E-state index contributed by atoms with van der Waals surface area (Å²) in [7, 11) is 0. The first-order valence-corrected chi connectivity index (χ1v) is 10.4. The summed E-state index contributed by atoms with van der Waals surface area (Å²) in [5.74, 6) is 2.29. The third-order valence-corrected chi connectivity index (χ3v) is 6.34. The highest BCUT2D eigenvalue weighted by molar-refractivity contribution is 5.77. The predicted octanol–water partition coefficient (Wildman–Crippen LogP) is 2.75. The van der Waals surface area contributed by atoms with E-state index >= 15 is 0 Å². The van der Waals surface area contributed by atoms with Gasteiger partial charge in [0.2, 0.25) is 17.7 Å². The normalized spacial score (nSPS) is 26.1. The van der Waals surface area contributed by atoms with Crippen molar-refractivity contribution in [1.29, 1.82) is 0 Å². The van der Waals surface area contributed by atoms with Gasteiger partial charge in [-0.3, -0.25) is 14.7 Å². The lowest BCUT2D eigenvalue weighted by molar-refractivity contribution is -0.140. The summed E-state index contributed by atoms with van der Waals surface area (Å²) >= 11 is 0. The van der Waals surface area contributed by atoms with E-state index in [2.05, 4.69) is 20.1 Å². The van der Waals surface area contributed by atoms with Crippen LogP contribution in [-0.4, -0.2) is 50.5 Å². The Morgan fingerprint density at radius 2 is 2.07 bits per heavy atom. The predicted molar refractivity (Wildman–Crippen MR) is 102 cm³/mol. The van der Waals surface area contributed by atoms with Gasteiger partial charge in [0.15, 0.2) is 0 Å². The molecule has 2 aromatic heterocycles. The smallest absolute Gasteiger partial charge is 0.230 e. The maximum atomic E-state index is 12.5. The van der Waals surface area contributed by atoms with E-state index in [-0.39, 0.29) is 11.3 Å².